The number of sulfonamides is 1. The highest BCUT2D eigenvalue weighted by molar-refractivity contribution is 7.88. The minimum absolute atomic E-state index is 0.301. The van der Waals surface area contributed by atoms with Gasteiger partial charge < -0.3 is 9.88 Å². The van der Waals surface area contributed by atoms with Crippen LogP contribution in [-0.4, -0.2) is 71.2 Å². The van der Waals surface area contributed by atoms with Gasteiger partial charge in [0, 0.05) is 61.2 Å². The van der Waals surface area contributed by atoms with Gasteiger partial charge in [-0.3, -0.25) is 9.80 Å². The quantitative estimate of drug-likeness (QED) is 0.334. The number of carbonyl (C=O) groups excluding carboxylic acids is 1. The lowest BCUT2D eigenvalue weighted by Gasteiger charge is -2.41. The number of piperidine rings is 1. The number of fused-ring (bicyclic) bond motifs is 3. The smallest absolute Gasteiger partial charge is 0.329 e. The molecule has 0 saturated carbocycles. The highest BCUT2D eigenvalue weighted by Crippen LogP contribution is 2.42. The number of imidazole rings is 1. The normalized spacial score (nSPS) is 22.3. The number of nitrogens with zero attached hydrogens (tertiary/aromatic N) is 5. The van der Waals surface area contributed by atoms with Gasteiger partial charge in [0.2, 0.25) is 10.0 Å². The van der Waals surface area contributed by atoms with Gasteiger partial charge in [0.25, 0.3) is 0 Å². The maximum atomic E-state index is 13.4. The second-order valence-electron chi connectivity index (χ2n) is 12.4. The monoisotopic (exact) mass is 644 g/mol. The topological polar surface area (TPSA) is 90.8 Å². The molecule has 6 rings (SSSR count). The molecule has 1 aromatic heterocycles. The summed E-state index contributed by atoms with van der Waals surface area (Å²) in [5, 5.41) is 2.76. The van der Waals surface area contributed by atoms with Crippen molar-refractivity contribution in [3.63, 3.8) is 0 Å². The molecule has 0 unspecified atom stereocenters. The van der Waals surface area contributed by atoms with E-state index in [9.17, 15) is 26.4 Å². The third-order valence-corrected chi connectivity index (χ3v) is 10.7. The Balaban J connectivity index is 1.09. The molecule has 2 amide bonds. The number of urea groups is 1. The molecule has 0 radical (unpaired) electrons. The van der Waals surface area contributed by atoms with Crippen LogP contribution in [0.3, 0.4) is 0 Å². The van der Waals surface area contributed by atoms with Crippen molar-refractivity contribution in [2.24, 2.45) is 0 Å². The van der Waals surface area contributed by atoms with E-state index < -0.39 is 27.8 Å². The number of carbonyl (C=O) groups is 1. The Labute approximate surface area is 262 Å². The number of amides is 2. The van der Waals surface area contributed by atoms with E-state index in [1.165, 1.54) is 28.4 Å². The summed E-state index contributed by atoms with van der Waals surface area (Å²) in [7, 11) is -3.26. The molecule has 0 aliphatic carbocycles. The molecule has 242 valence electrons. The number of benzene rings is 2. The van der Waals surface area contributed by atoms with Crippen LogP contribution < -0.4 is 10.2 Å². The van der Waals surface area contributed by atoms with E-state index in [0.717, 1.165) is 68.0 Å². The van der Waals surface area contributed by atoms with E-state index >= 15 is 0 Å². The van der Waals surface area contributed by atoms with Crippen molar-refractivity contribution in [2.45, 2.75) is 76.3 Å². The van der Waals surface area contributed by atoms with Gasteiger partial charge in [0.05, 0.1) is 24.1 Å². The van der Waals surface area contributed by atoms with Gasteiger partial charge in [0.15, 0.2) is 0 Å². The second-order valence-corrected chi connectivity index (χ2v) is 14.3. The van der Waals surface area contributed by atoms with Crippen molar-refractivity contribution < 1.29 is 26.4 Å². The number of hydrogen-bond acceptors (Lipinski definition) is 5. The van der Waals surface area contributed by atoms with Crippen LogP contribution in [0.25, 0.3) is 0 Å². The van der Waals surface area contributed by atoms with Gasteiger partial charge >= 0.3 is 12.2 Å². The third-order valence-electron chi connectivity index (χ3n) is 9.46. The minimum Gasteiger partial charge on any atom is -0.329 e. The molecule has 1 N–H and O–H groups in total. The molecule has 45 heavy (non-hydrogen) atoms. The summed E-state index contributed by atoms with van der Waals surface area (Å²) in [6.45, 7) is 4.13. The van der Waals surface area contributed by atoms with Gasteiger partial charge in [-0.25, -0.2) is 18.2 Å². The molecule has 3 aliphatic heterocycles. The van der Waals surface area contributed by atoms with Crippen molar-refractivity contribution >= 4 is 27.4 Å². The highest BCUT2D eigenvalue weighted by Gasteiger charge is 2.42. The molecule has 2 aromatic carbocycles. The summed E-state index contributed by atoms with van der Waals surface area (Å²) in [6.07, 6.45) is 2.48. The van der Waals surface area contributed by atoms with Crippen molar-refractivity contribution in [3.8, 4) is 0 Å². The Morgan fingerprint density at radius 3 is 2.31 bits per heavy atom. The summed E-state index contributed by atoms with van der Waals surface area (Å²) in [6, 6.07) is 14.5. The summed E-state index contributed by atoms with van der Waals surface area (Å²) in [5.74, 6) is 0.950. The fraction of sp³-hybridized carbons (Fsp3) is 0.500. The van der Waals surface area contributed by atoms with Gasteiger partial charge in [-0.2, -0.15) is 17.5 Å². The number of alkyl halides is 3. The van der Waals surface area contributed by atoms with Crippen LogP contribution in [0.4, 0.5) is 29.3 Å². The van der Waals surface area contributed by atoms with Crippen molar-refractivity contribution in [2.75, 3.05) is 36.1 Å². The zero-order valence-electron chi connectivity index (χ0n) is 25.5. The minimum atomic E-state index is -4.44. The Morgan fingerprint density at radius 1 is 1.02 bits per heavy atom. The Bertz CT molecular complexity index is 1610. The van der Waals surface area contributed by atoms with E-state index in [4.69, 9.17) is 4.98 Å². The summed E-state index contributed by atoms with van der Waals surface area (Å²) in [4.78, 5) is 22.4. The van der Waals surface area contributed by atoms with Crippen molar-refractivity contribution in [1.29, 1.82) is 0 Å². The van der Waals surface area contributed by atoms with Crippen molar-refractivity contribution in [1.82, 2.24) is 18.8 Å². The first kappa shape index (κ1) is 31.6. The van der Waals surface area contributed by atoms with Crippen LogP contribution in [0.15, 0.2) is 54.6 Å². The first-order chi connectivity index (χ1) is 21.4. The van der Waals surface area contributed by atoms with Crippen LogP contribution in [0.2, 0.25) is 0 Å². The van der Waals surface area contributed by atoms with Crippen LogP contribution in [0, 0.1) is 6.92 Å². The first-order valence-electron chi connectivity index (χ1n) is 15.5. The molecule has 2 saturated heterocycles. The fourth-order valence-corrected chi connectivity index (χ4v) is 8.19. The highest BCUT2D eigenvalue weighted by atomic mass is 32.2. The van der Waals surface area contributed by atoms with E-state index in [1.807, 2.05) is 37.3 Å². The maximum absolute atomic E-state index is 13.4. The second kappa shape index (κ2) is 12.4. The lowest BCUT2D eigenvalue weighted by molar-refractivity contribution is -0.137. The van der Waals surface area contributed by atoms with Gasteiger partial charge in [-0.15, -0.1) is 0 Å². The lowest BCUT2D eigenvalue weighted by Crippen LogP contribution is -2.45. The largest absolute Gasteiger partial charge is 0.416 e. The lowest BCUT2D eigenvalue weighted by atomic mass is 9.96. The fourth-order valence-electron chi connectivity index (χ4n) is 7.41. The van der Waals surface area contributed by atoms with Gasteiger partial charge in [-0.1, -0.05) is 18.2 Å². The Hall–Kier alpha value is -3.42. The predicted octanol–water partition coefficient (Wildman–Crippen LogP) is 5.82. The first-order valence-corrected chi connectivity index (χ1v) is 17.3. The number of aromatic nitrogens is 2. The molecule has 9 nitrogen and oxygen atoms in total. The van der Waals surface area contributed by atoms with Crippen LogP contribution in [0.5, 0.6) is 0 Å². The average molecular weight is 645 g/mol. The third kappa shape index (κ3) is 6.75. The van der Waals surface area contributed by atoms with E-state index in [0.29, 0.717) is 49.9 Å². The number of nitrogens with one attached hydrogen (secondary N) is 1. The molecular formula is C32H39F3N6O3S. The van der Waals surface area contributed by atoms with E-state index in [1.54, 1.807) is 4.90 Å². The number of hydrogen-bond donors (Lipinski definition) is 1. The molecule has 3 aliphatic rings. The molecule has 4 heterocycles. The molecule has 3 aromatic rings. The van der Waals surface area contributed by atoms with Gasteiger partial charge in [0.1, 0.15) is 5.82 Å². The van der Waals surface area contributed by atoms with Crippen molar-refractivity contribution in [3.05, 3.63) is 77.4 Å². The SMILES string of the molecule is Cc1nc2c(n1C1C[C@H]3CC[C@H](C1)N3CCCN(C(=O)Nc1ccc(C(F)(F)F)cc1)c1ccccc1)CCN(S(C)(=O)=O)C2. The Kier molecular flexibility index (Phi) is 8.70. The standard InChI is InChI=1S/C32H39F3N6O3S/c1-22-36-29-21-38(45(2,43)44)18-15-30(29)41(22)28-19-26-13-14-27(20-28)39(26)16-6-17-40(25-7-4-3-5-8-25)31(42)37-24-11-9-23(10-12-24)32(33,34)35/h3-5,7-12,26-28H,6,13-21H2,1-2H3,(H,37,42)/t26-,27-/m1/s1. The number of para-hydroxylation sites is 1. The summed E-state index contributed by atoms with van der Waals surface area (Å²) in [5.41, 5.74) is 2.30. The summed E-state index contributed by atoms with van der Waals surface area (Å²) < 4.78 is 67.1. The zero-order valence-corrected chi connectivity index (χ0v) is 26.3. The summed E-state index contributed by atoms with van der Waals surface area (Å²) >= 11 is 0. The van der Waals surface area contributed by atoms with Gasteiger partial charge in [-0.05, 0) is 75.4 Å². The Morgan fingerprint density at radius 2 is 1.69 bits per heavy atom. The molecule has 2 fully saturated rings. The van der Waals surface area contributed by atoms with Crippen LogP contribution >= 0.6 is 0 Å². The number of halogens is 3. The molecular weight excluding hydrogens is 605 g/mol. The molecule has 2 bridgehead atoms. The van der Waals surface area contributed by atoms with E-state index in [-0.39, 0.29) is 0 Å². The zero-order chi connectivity index (χ0) is 31.9. The average Bonchev–Trinajstić information content (AvgIpc) is 3.44. The predicted molar refractivity (Wildman–Crippen MR) is 167 cm³/mol. The van der Waals surface area contributed by atoms with Crippen LogP contribution in [0.1, 0.15) is 60.9 Å². The van der Waals surface area contributed by atoms with E-state index in [2.05, 4.69) is 14.8 Å². The number of anilines is 2. The number of aryl methyl sites for hydroxylation is 1. The van der Waals surface area contributed by atoms with Crippen LogP contribution in [-0.2, 0) is 29.2 Å². The number of rotatable bonds is 8. The maximum Gasteiger partial charge on any atom is 0.416 e. The molecule has 13 heteroatoms. The molecule has 0 spiro atoms. The molecule has 2 atom stereocenters.